The lowest BCUT2D eigenvalue weighted by Gasteiger charge is -2.36. The van der Waals surface area contributed by atoms with Crippen LogP contribution in [0, 0.1) is 0 Å². The Morgan fingerprint density at radius 1 is 0.793 bits per heavy atom. The molecule has 0 unspecified atom stereocenters. The molecule has 5 nitrogen and oxygen atoms in total. The summed E-state index contributed by atoms with van der Waals surface area (Å²) in [5, 5.41) is 9.41. The molecule has 29 heavy (non-hydrogen) atoms. The summed E-state index contributed by atoms with van der Waals surface area (Å²) in [5.41, 5.74) is 3.33. The molecule has 3 aromatic rings. The predicted octanol–water partition coefficient (Wildman–Crippen LogP) is 3.79. The van der Waals surface area contributed by atoms with Crippen molar-refractivity contribution in [2.75, 3.05) is 37.7 Å². The molecule has 0 spiro atoms. The van der Waals surface area contributed by atoms with Crippen molar-refractivity contribution in [2.45, 2.75) is 0 Å². The van der Waals surface area contributed by atoms with Gasteiger partial charge in [-0.2, -0.15) is 0 Å². The number of nitrogens with zero attached hydrogens (tertiary/aromatic N) is 2. The van der Waals surface area contributed by atoms with Crippen molar-refractivity contribution in [3.63, 3.8) is 0 Å². The molecule has 1 aliphatic heterocycles. The van der Waals surface area contributed by atoms with Gasteiger partial charge in [-0.25, -0.2) is 0 Å². The molecule has 0 atom stereocenters. The Morgan fingerprint density at radius 3 is 2.07 bits per heavy atom. The summed E-state index contributed by atoms with van der Waals surface area (Å²) in [4.78, 5) is 16.6. The van der Waals surface area contributed by atoms with Gasteiger partial charge in [-0.05, 0) is 47.5 Å². The maximum absolute atomic E-state index is 12.5. The van der Waals surface area contributed by atoms with E-state index in [1.165, 1.54) is 0 Å². The van der Waals surface area contributed by atoms with Gasteiger partial charge >= 0.3 is 0 Å². The van der Waals surface area contributed by atoms with Crippen LogP contribution in [0.4, 0.5) is 5.69 Å². The zero-order chi connectivity index (χ0) is 20.1. The maximum atomic E-state index is 12.5. The molecule has 1 aliphatic rings. The molecule has 1 heterocycles. The SMILES string of the molecule is O=C(COc1ccc(-c2ccccc2)cc1)N1CCN(c2ccc(O)cc2)CC1. The van der Waals surface area contributed by atoms with Crippen molar-refractivity contribution in [1.82, 2.24) is 4.90 Å². The summed E-state index contributed by atoms with van der Waals surface area (Å²) >= 11 is 0. The Kier molecular flexibility index (Phi) is 5.66. The molecule has 0 aliphatic carbocycles. The number of rotatable bonds is 5. The molecular formula is C24H24N2O3. The number of anilines is 1. The molecule has 1 N–H and O–H groups in total. The number of aromatic hydroxyl groups is 1. The third-order valence-corrected chi connectivity index (χ3v) is 5.17. The number of piperazine rings is 1. The lowest BCUT2D eigenvalue weighted by atomic mass is 10.1. The van der Waals surface area contributed by atoms with Crippen molar-refractivity contribution in [3.05, 3.63) is 78.9 Å². The minimum Gasteiger partial charge on any atom is -0.508 e. The fourth-order valence-electron chi connectivity index (χ4n) is 3.49. The van der Waals surface area contributed by atoms with Crippen LogP contribution in [0.1, 0.15) is 0 Å². The minimum atomic E-state index is 0.00231. The van der Waals surface area contributed by atoms with Gasteiger partial charge in [-0.3, -0.25) is 4.79 Å². The Balaban J connectivity index is 1.26. The van der Waals surface area contributed by atoms with Gasteiger partial charge in [0.05, 0.1) is 0 Å². The van der Waals surface area contributed by atoms with Crippen molar-refractivity contribution in [1.29, 1.82) is 0 Å². The van der Waals surface area contributed by atoms with E-state index >= 15 is 0 Å². The molecule has 5 heteroatoms. The van der Waals surface area contributed by atoms with Crippen LogP contribution in [-0.4, -0.2) is 48.7 Å². The van der Waals surface area contributed by atoms with Crippen molar-refractivity contribution in [3.8, 4) is 22.6 Å². The van der Waals surface area contributed by atoms with Crippen LogP contribution in [0.5, 0.6) is 11.5 Å². The van der Waals surface area contributed by atoms with Crippen molar-refractivity contribution in [2.24, 2.45) is 0 Å². The molecular weight excluding hydrogens is 364 g/mol. The van der Waals surface area contributed by atoms with Gasteiger partial charge in [0.25, 0.3) is 5.91 Å². The van der Waals surface area contributed by atoms with E-state index in [0.717, 1.165) is 29.9 Å². The molecule has 0 radical (unpaired) electrons. The van der Waals surface area contributed by atoms with E-state index in [-0.39, 0.29) is 18.3 Å². The smallest absolute Gasteiger partial charge is 0.260 e. The lowest BCUT2D eigenvalue weighted by Crippen LogP contribution is -2.50. The average molecular weight is 388 g/mol. The molecule has 0 bridgehead atoms. The first-order chi connectivity index (χ1) is 14.2. The summed E-state index contributed by atoms with van der Waals surface area (Å²) in [7, 11) is 0. The fourth-order valence-corrected chi connectivity index (χ4v) is 3.49. The number of phenolic OH excluding ortho intramolecular Hbond substituents is 1. The van der Waals surface area contributed by atoms with Gasteiger partial charge in [0.1, 0.15) is 11.5 Å². The van der Waals surface area contributed by atoms with Crippen LogP contribution in [0.2, 0.25) is 0 Å². The van der Waals surface area contributed by atoms with E-state index < -0.39 is 0 Å². The fraction of sp³-hybridized carbons (Fsp3) is 0.208. The molecule has 1 fully saturated rings. The maximum Gasteiger partial charge on any atom is 0.260 e. The van der Waals surface area contributed by atoms with Crippen molar-refractivity contribution < 1.29 is 14.6 Å². The Bertz CT molecular complexity index is 932. The van der Waals surface area contributed by atoms with Gasteiger partial charge in [0.2, 0.25) is 0 Å². The zero-order valence-electron chi connectivity index (χ0n) is 16.2. The first-order valence-electron chi connectivity index (χ1n) is 9.79. The third-order valence-electron chi connectivity index (χ3n) is 5.17. The highest BCUT2D eigenvalue weighted by Gasteiger charge is 2.21. The van der Waals surface area contributed by atoms with Crippen LogP contribution >= 0.6 is 0 Å². The number of hydrogen-bond donors (Lipinski definition) is 1. The summed E-state index contributed by atoms with van der Waals surface area (Å²) in [5.74, 6) is 0.958. The average Bonchev–Trinajstić information content (AvgIpc) is 2.79. The quantitative estimate of drug-likeness (QED) is 0.723. The number of hydrogen-bond acceptors (Lipinski definition) is 4. The monoisotopic (exact) mass is 388 g/mol. The molecule has 1 saturated heterocycles. The van der Waals surface area contributed by atoms with Crippen LogP contribution in [0.3, 0.4) is 0 Å². The van der Waals surface area contributed by atoms with E-state index in [2.05, 4.69) is 17.0 Å². The van der Waals surface area contributed by atoms with E-state index in [4.69, 9.17) is 4.74 Å². The normalized spacial score (nSPS) is 13.9. The van der Waals surface area contributed by atoms with Crippen LogP contribution in [0.25, 0.3) is 11.1 Å². The minimum absolute atomic E-state index is 0.00231. The summed E-state index contributed by atoms with van der Waals surface area (Å²) < 4.78 is 5.70. The van der Waals surface area contributed by atoms with Gasteiger partial charge in [0, 0.05) is 31.9 Å². The highest BCUT2D eigenvalue weighted by molar-refractivity contribution is 5.78. The highest BCUT2D eigenvalue weighted by Crippen LogP contribution is 2.22. The second-order valence-electron chi connectivity index (χ2n) is 7.06. The topological polar surface area (TPSA) is 53.0 Å². The number of phenols is 1. The second-order valence-corrected chi connectivity index (χ2v) is 7.06. The second kappa shape index (κ2) is 8.69. The lowest BCUT2D eigenvalue weighted by molar-refractivity contribution is -0.133. The number of benzene rings is 3. The van der Waals surface area contributed by atoms with Crippen LogP contribution in [0.15, 0.2) is 78.9 Å². The Morgan fingerprint density at radius 2 is 1.41 bits per heavy atom. The van der Waals surface area contributed by atoms with Gasteiger partial charge < -0.3 is 19.6 Å². The first-order valence-corrected chi connectivity index (χ1v) is 9.79. The van der Waals surface area contributed by atoms with Gasteiger partial charge in [-0.15, -0.1) is 0 Å². The molecule has 0 aromatic heterocycles. The highest BCUT2D eigenvalue weighted by atomic mass is 16.5. The number of amides is 1. The summed E-state index contributed by atoms with van der Waals surface area (Å²) in [6.45, 7) is 2.90. The third kappa shape index (κ3) is 4.69. The van der Waals surface area contributed by atoms with Gasteiger partial charge in [-0.1, -0.05) is 42.5 Å². The van der Waals surface area contributed by atoms with Crippen LogP contribution < -0.4 is 9.64 Å². The zero-order valence-corrected chi connectivity index (χ0v) is 16.2. The van der Waals surface area contributed by atoms with E-state index in [1.807, 2.05) is 59.5 Å². The van der Waals surface area contributed by atoms with E-state index in [9.17, 15) is 9.90 Å². The largest absolute Gasteiger partial charge is 0.508 e. The summed E-state index contributed by atoms with van der Waals surface area (Å²) in [6, 6.07) is 25.1. The van der Waals surface area contributed by atoms with E-state index in [1.54, 1.807) is 12.1 Å². The van der Waals surface area contributed by atoms with Gasteiger partial charge in [0.15, 0.2) is 6.61 Å². The number of carbonyl (C=O) groups is 1. The number of carbonyl (C=O) groups excluding carboxylic acids is 1. The number of ether oxygens (including phenoxy) is 1. The van der Waals surface area contributed by atoms with Crippen LogP contribution in [-0.2, 0) is 4.79 Å². The molecule has 3 aromatic carbocycles. The first kappa shape index (κ1) is 18.9. The standard InChI is InChI=1S/C24H24N2O3/c27-22-10-8-21(9-11-22)25-14-16-26(17-15-25)24(28)18-29-23-12-6-20(7-13-23)19-4-2-1-3-5-19/h1-13,27H,14-18H2. The molecule has 4 rings (SSSR count). The molecule has 0 saturated carbocycles. The summed E-state index contributed by atoms with van der Waals surface area (Å²) in [6.07, 6.45) is 0. The van der Waals surface area contributed by atoms with Crippen molar-refractivity contribution >= 4 is 11.6 Å². The molecule has 148 valence electrons. The van der Waals surface area contributed by atoms with E-state index in [0.29, 0.717) is 18.8 Å². The Labute approximate surface area is 170 Å². The molecule has 1 amide bonds. The Hall–Kier alpha value is -3.47. The predicted molar refractivity (Wildman–Crippen MR) is 114 cm³/mol.